The number of aromatic nitrogens is 1. The van der Waals surface area contributed by atoms with Crippen molar-refractivity contribution in [3.8, 4) is 17.2 Å². The van der Waals surface area contributed by atoms with Crippen molar-refractivity contribution in [3.05, 3.63) is 75.5 Å². The number of pyridine rings is 1. The van der Waals surface area contributed by atoms with E-state index in [9.17, 15) is 31.6 Å². The van der Waals surface area contributed by atoms with Crippen LogP contribution in [0.4, 0.5) is 14.5 Å². The van der Waals surface area contributed by atoms with Gasteiger partial charge >= 0.3 is 24.5 Å². The molecule has 2 aromatic carbocycles. The highest BCUT2D eigenvalue weighted by Crippen LogP contribution is 2.38. The van der Waals surface area contributed by atoms with Crippen LogP contribution >= 0.6 is 23.2 Å². The second kappa shape index (κ2) is 19.2. The average Bonchev–Trinajstić information content (AvgIpc) is 4.06. The van der Waals surface area contributed by atoms with E-state index in [1.165, 1.54) is 48.8 Å². The minimum atomic E-state index is -3.31. The normalized spacial score (nSPS) is 14.6. The summed E-state index contributed by atoms with van der Waals surface area (Å²) in [5.74, 6) is -1.95. The van der Waals surface area contributed by atoms with Gasteiger partial charge in [0, 0.05) is 18.8 Å². The number of ether oxygens (including phenoxy) is 6. The molecule has 0 spiro atoms. The van der Waals surface area contributed by atoms with Crippen LogP contribution in [0.25, 0.3) is 0 Å². The Morgan fingerprint density at radius 3 is 2.12 bits per heavy atom. The molecule has 13 nitrogen and oxygen atoms in total. The number of nitrogens with zero attached hydrogens (tertiary/aromatic N) is 2. The van der Waals surface area contributed by atoms with Gasteiger partial charge in [-0.15, -0.1) is 0 Å². The van der Waals surface area contributed by atoms with Gasteiger partial charge < -0.3 is 28.4 Å². The summed E-state index contributed by atoms with van der Waals surface area (Å²) in [6.45, 7) is 1.39. The maximum absolute atomic E-state index is 13.2. The van der Waals surface area contributed by atoms with E-state index in [-0.39, 0.29) is 63.9 Å². The fourth-order valence-electron chi connectivity index (χ4n) is 5.29. The van der Waals surface area contributed by atoms with Crippen LogP contribution < -0.4 is 18.5 Å². The molecule has 1 atom stereocenters. The summed E-state index contributed by atoms with van der Waals surface area (Å²) < 4.78 is 84.6. The molecule has 18 heteroatoms. The van der Waals surface area contributed by atoms with Gasteiger partial charge in [-0.05, 0) is 99.7 Å². The Balaban J connectivity index is 1.29. The van der Waals surface area contributed by atoms with Gasteiger partial charge in [0.05, 0.1) is 40.9 Å². The molecule has 3 aromatic rings. The summed E-state index contributed by atoms with van der Waals surface area (Å²) in [4.78, 5) is 42.9. The number of benzene rings is 2. The van der Waals surface area contributed by atoms with Crippen molar-refractivity contribution in [1.29, 1.82) is 0 Å². The first-order valence-electron chi connectivity index (χ1n) is 17.8. The second-order valence-corrected chi connectivity index (χ2v) is 16.1. The Kier molecular flexibility index (Phi) is 14.6. The van der Waals surface area contributed by atoms with Crippen LogP contribution in [0, 0.1) is 11.8 Å². The van der Waals surface area contributed by atoms with E-state index in [1.54, 1.807) is 20.8 Å². The maximum atomic E-state index is 13.2. The molecule has 1 heterocycles. The number of hydrogen-bond donors (Lipinski definition) is 1. The van der Waals surface area contributed by atoms with Crippen LogP contribution in [0.15, 0.2) is 48.8 Å². The zero-order chi connectivity index (χ0) is 40.6. The van der Waals surface area contributed by atoms with Crippen molar-refractivity contribution in [2.75, 3.05) is 30.7 Å². The molecule has 5 rings (SSSR count). The zero-order valence-electron chi connectivity index (χ0n) is 30.8. The number of halogens is 4. The molecule has 2 aliphatic carbocycles. The quantitative estimate of drug-likeness (QED) is 0.0688. The van der Waals surface area contributed by atoms with Crippen LogP contribution in [0.1, 0.15) is 80.5 Å². The molecule has 0 radical (unpaired) electrons. The minimum absolute atomic E-state index is 0.00376. The minimum Gasteiger partial charge on any atom is -0.491 e. The van der Waals surface area contributed by atoms with E-state index in [2.05, 4.69) is 9.72 Å². The van der Waals surface area contributed by atoms with Crippen LogP contribution in [0.3, 0.4) is 0 Å². The number of alkyl halides is 2. The van der Waals surface area contributed by atoms with Gasteiger partial charge in [0.25, 0.3) is 0 Å². The molecular formula is C38H42Cl2F2N2O11S. The summed E-state index contributed by atoms with van der Waals surface area (Å²) in [7, 11) is -3.31. The smallest absolute Gasteiger partial charge is 0.387 e. The summed E-state index contributed by atoms with van der Waals surface area (Å²) in [6.07, 6.45) is 5.05. The summed E-state index contributed by atoms with van der Waals surface area (Å²) in [5, 5.41) is 0.411. The van der Waals surface area contributed by atoms with Crippen molar-refractivity contribution < 1.29 is 60.0 Å². The van der Waals surface area contributed by atoms with E-state index < -0.39 is 60.3 Å². The van der Waals surface area contributed by atoms with Crippen molar-refractivity contribution in [3.63, 3.8) is 0 Å². The molecule has 0 amide bonds. The standard InChI is InChI=1S/C38H42Cl2F2N2O11S/c1-38(2,3)55-35(46)19-44(56(48)49)29-10-8-25(15-32(29)51-20-22-4-5-22)36(47)50-13-12-34(45)53-31(16-26-27(39)17-43-18-28(26)40)24-9-11-30(54-37(41)42)33(14-24)52-21-23-6-7-23/h8-11,14-15,17-18,22-23,31,37,56H,4-7,12-13,16,19-21H2,1-3H3. The molecule has 2 aliphatic rings. The number of anilines is 1. The van der Waals surface area contributed by atoms with Gasteiger partial charge in [-0.3, -0.25) is 18.9 Å². The Morgan fingerprint density at radius 2 is 1.54 bits per heavy atom. The molecule has 0 N–H and O–H groups in total. The fraction of sp³-hybridized carbons (Fsp3) is 0.474. The fourth-order valence-corrected chi connectivity index (χ4v) is 6.38. The monoisotopic (exact) mass is 842 g/mol. The molecule has 0 aliphatic heterocycles. The number of rotatable bonds is 20. The zero-order valence-corrected chi connectivity index (χ0v) is 33.2. The molecule has 0 saturated heterocycles. The van der Waals surface area contributed by atoms with E-state index in [0.29, 0.717) is 23.7 Å². The van der Waals surface area contributed by atoms with Gasteiger partial charge in [0.2, 0.25) is 10.9 Å². The number of carbonyl (C=O) groups is 3. The molecule has 2 saturated carbocycles. The third-order valence-corrected chi connectivity index (χ3v) is 9.83. The van der Waals surface area contributed by atoms with E-state index in [0.717, 1.165) is 30.0 Å². The summed E-state index contributed by atoms with van der Waals surface area (Å²) in [6, 6.07) is 8.13. The first-order valence-corrected chi connectivity index (χ1v) is 19.7. The lowest BCUT2D eigenvalue weighted by atomic mass is 10.0. The van der Waals surface area contributed by atoms with Crippen molar-refractivity contribution in [1.82, 2.24) is 4.98 Å². The van der Waals surface area contributed by atoms with Gasteiger partial charge in [-0.2, -0.15) is 8.78 Å². The Bertz CT molecular complexity index is 1940. The number of thiol groups is 1. The Labute approximate surface area is 334 Å². The predicted octanol–water partition coefficient (Wildman–Crippen LogP) is 7.32. The molecule has 56 heavy (non-hydrogen) atoms. The van der Waals surface area contributed by atoms with Crippen LogP contribution in [0.2, 0.25) is 10.0 Å². The van der Waals surface area contributed by atoms with E-state index in [4.69, 9.17) is 46.9 Å². The highest BCUT2D eigenvalue weighted by atomic mass is 35.5. The van der Waals surface area contributed by atoms with Gasteiger partial charge in [-0.1, -0.05) is 29.3 Å². The lowest BCUT2D eigenvalue weighted by Gasteiger charge is -2.24. The van der Waals surface area contributed by atoms with Gasteiger partial charge in [0.15, 0.2) is 11.5 Å². The topological polar surface area (TPSA) is 157 Å². The highest BCUT2D eigenvalue weighted by molar-refractivity contribution is 7.74. The predicted molar refractivity (Wildman–Crippen MR) is 201 cm³/mol. The number of esters is 3. The molecule has 304 valence electrons. The first-order chi connectivity index (χ1) is 26.6. The summed E-state index contributed by atoms with van der Waals surface area (Å²) >= 11 is 12.8. The second-order valence-electron chi connectivity index (χ2n) is 14.3. The average molecular weight is 844 g/mol. The largest absolute Gasteiger partial charge is 0.491 e. The molecule has 0 bridgehead atoms. The molecule has 2 fully saturated rings. The molecule has 1 unspecified atom stereocenters. The summed E-state index contributed by atoms with van der Waals surface area (Å²) in [5.41, 5.74) is -0.0438. The lowest BCUT2D eigenvalue weighted by Crippen LogP contribution is -2.34. The van der Waals surface area contributed by atoms with Crippen LogP contribution in [0.5, 0.6) is 17.2 Å². The third-order valence-electron chi connectivity index (χ3n) is 8.42. The highest BCUT2D eigenvalue weighted by Gasteiger charge is 2.28. The maximum Gasteiger partial charge on any atom is 0.387 e. The first kappa shape index (κ1) is 42.7. The van der Waals surface area contributed by atoms with Crippen molar-refractivity contribution >= 4 is 57.7 Å². The Hall–Kier alpha value is -4.41. The van der Waals surface area contributed by atoms with E-state index >= 15 is 0 Å². The van der Waals surface area contributed by atoms with Crippen molar-refractivity contribution in [2.45, 2.75) is 77.6 Å². The van der Waals surface area contributed by atoms with Gasteiger partial charge in [-0.25, -0.2) is 13.2 Å². The van der Waals surface area contributed by atoms with E-state index in [1.807, 2.05) is 0 Å². The van der Waals surface area contributed by atoms with Crippen LogP contribution in [-0.4, -0.2) is 69.9 Å². The molecule has 1 aromatic heterocycles. The Morgan fingerprint density at radius 1 is 0.893 bits per heavy atom. The lowest BCUT2D eigenvalue weighted by molar-refractivity contribution is -0.153. The SMILES string of the molecule is CC(C)(C)OC(=O)CN(c1ccc(C(=O)OCCC(=O)OC(Cc2c(Cl)cncc2Cl)c2ccc(OC(F)F)c(OCC3CC3)c2)cc1OCC1CC1)[SH](=O)=O. The molecular weight excluding hydrogens is 801 g/mol. The third kappa shape index (κ3) is 13.1. The van der Waals surface area contributed by atoms with Crippen LogP contribution in [-0.2, 0) is 41.1 Å². The number of carbonyl (C=O) groups excluding carboxylic acids is 3. The van der Waals surface area contributed by atoms with Crippen molar-refractivity contribution in [2.24, 2.45) is 11.8 Å². The number of hydrogen-bond acceptors (Lipinski definition) is 12. The van der Waals surface area contributed by atoms with Gasteiger partial charge in [0.1, 0.15) is 30.6 Å².